The van der Waals surface area contributed by atoms with Gasteiger partial charge in [0.15, 0.2) is 0 Å². The van der Waals surface area contributed by atoms with E-state index in [2.05, 4.69) is 10.6 Å². The zero-order valence-electron chi connectivity index (χ0n) is 13.5. The van der Waals surface area contributed by atoms with E-state index in [1.165, 1.54) is 30.0 Å². The van der Waals surface area contributed by atoms with Crippen molar-refractivity contribution < 1.29 is 14.5 Å². The summed E-state index contributed by atoms with van der Waals surface area (Å²) >= 11 is 1.19. The molecule has 0 spiro atoms. The van der Waals surface area contributed by atoms with Crippen molar-refractivity contribution in [3.05, 3.63) is 64.2 Å². The molecule has 2 aromatic rings. The number of aryl methyl sites for hydroxylation is 1. The molecule has 0 aliphatic heterocycles. The van der Waals surface area contributed by atoms with Gasteiger partial charge in [-0.3, -0.25) is 19.7 Å². The van der Waals surface area contributed by atoms with E-state index in [4.69, 9.17) is 0 Å². The number of nitro groups is 1. The molecule has 8 heteroatoms. The van der Waals surface area contributed by atoms with E-state index in [-0.39, 0.29) is 29.0 Å². The number of benzene rings is 2. The van der Waals surface area contributed by atoms with Gasteiger partial charge in [0.2, 0.25) is 11.8 Å². The average Bonchev–Trinajstić information content (AvgIpc) is 2.57. The summed E-state index contributed by atoms with van der Waals surface area (Å²) in [6.07, 6.45) is 0. The summed E-state index contributed by atoms with van der Waals surface area (Å²) in [7, 11) is 0. The number of hydrogen-bond donors (Lipinski definition) is 2. The lowest BCUT2D eigenvalue weighted by Crippen LogP contribution is -2.18. The van der Waals surface area contributed by atoms with Crippen molar-refractivity contribution in [3.8, 4) is 0 Å². The lowest BCUT2D eigenvalue weighted by molar-refractivity contribution is -0.384. The number of carbonyl (C=O) groups is 2. The number of nitrogens with zero attached hydrogens (tertiary/aromatic N) is 1. The highest BCUT2D eigenvalue weighted by atomic mass is 32.2. The van der Waals surface area contributed by atoms with Crippen LogP contribution in [0.1, 0.15) is 5.56 Å². The van der Waals surface area contributed by atoms with Gasteiger partial charge in [0, 0.05) is 23.5 Å². The second-order valence-corrected chi connectivity index (χ2v) is 6.20. The summed E-state index contributed by atoms with van der Waals surface area (Å²) in [5.74, 6) is -0.190. The number of rotatable bonds is 7. The number of nitro benzene ring substituents is 1. The van der Waals surface area contributed by atoms with Crippen molar-refractivity contribution in [2.75, 3.05) is 22.1 Å². The smallest absolute Gasteiger partial charge is 0.269 e. The molecule has 0 saturated carbocycles. The zero-order chi connectivity index (χ0) is 18.2. The lowest BCUT2D eigenvalue weighted by atomic mass is 10.2. The first-order valence-corrected chi connectivity index (χ1v) is 8.58. The summed E-state index contributed by atoms with van der Waals surface area (Å²) in [4.78, 5) is 33.9. The van der Waals surface area contributed by atoms with Gasteiger partial charge in [-0.25, -0.2) is 0 Å². The molecule has 0 atom stereocenters. The quantitative estimate of drug-likeness (QED) is 0.584. The molecule has 130 valence electrons. The van der Waals surface area contributed by atoms with Gasteiger partial charge in [-0.15, -0.1) is 11.8 Å². The third-order valence-electron chi connectivity index (χ3n) is 3.22. The Morgan fingerprint density at radius 2 is 1.68 bits per heavy atom. The minimum absolute atomic E-state index is 0.0255. The van der Waals surface area contributed by atoms with E-state index < -0.39 is 4.92 Å². The lowest BCUT2D eigenvalue weighted by Gasteiger charge is -2.08. The fourth-order valence-corrected chi connectivity index (χ4v) is 2.66. The van der Waals surface area contributed by atoms with Crippen LogP contribution < -0.4 is 10.6 Å². The normalized spacial score (nSPS) is 10.1. The molecule has 25 heavy (non-hydrogen) atoms. The van der Waals surface area contributed by atoms with Crippen molar-refractivity contribution in [1.82, 2.24) is 0 Å². The SMILES string of the molecule is Cc1cc([N+](=O)[O-])ccc1NC(=O)CSCC(=O)Nc1ccccc1. The van der Waals surface area contributed by atoms with Gasteiger partial charge >= 0.3 is 0 Å². The van der Waals surface area contributed by atoms with E-state index in [0.29, 0.717) is 16.9 Å². The molecule has 0 aliphatic rings. The highest BCUT2D eigenvalue weighted by Crippen LogP contribution is 2.21. The van der Waals surface area contributed by atoms with E-state index >= 15 is 0 Å². The van der Waals surface area contributed by atoms with Crippen molar-refractivity contribution in [2.45, 2.75) is 6.92 Å². The molecular weight excluding hydrogens is 342 g/mol. The maximum absolute atomic E-state index is 11.9. The number of nitrogens with one attached hydrogen (secondary N) is 2. The second-order valence-electron chi connectivity index (χ2n) is 5.21. The van der Waals surface area contributed by atoms with Crippen molar-refractivity contribution in [1.29, 1.82) is 0 Å². The number of hydrogen-bond acceptors (Lipinski definition) is 5. The molecule has 0 saturated heterocycles. The molecule has 0 radical (unpaired) electrons. The molecule has 2 aromatic carbocycles. The Balaban J connectivity index is 1.77. The number of thioether (sulfide) groups is 1. The molecule has 7 nitrogen and oxygen atoms in total. The van der Waals surface area contributed by atoms with E-state index in [1.54, 1.807) is 19.1 Å². The van der Waals surface area contributed by atoms with Crippen molar-refractivity contribution in [2.24, 2.45) is 0 Å². The molecular formula is C17H17N3O4S. The fraction of sp³-hybridized carbons (Fsp3) is 0.176. The van der Waals surface area contributed by atoms with Gasteiger partial charge in [-0.05, 0) is 30.7 Å². The fourth-order valence-electron chi connectivity index (χ4n) is 2.04. The van der Waals surface area contributed by atoms with E-state index in [0.717, 1.165) is 0 Å². The van der Waals surface area contributed by atoms with Crippen LogP contribution in [0.2, 0.25) is 0 Å². The Hall–Kier alpha value is -2.87. The van der Waals surface area contributed by atoms with E-state index in [1.807, 2.05) is 18.2 Å². The number of para-hydroxylation sites is 1. The molecule has 0 aliphatic carbocycles. The predicted octanol–water partition coefficient (Wildman–Crippen LogP) is 3.21. The van der Waals surface area contributed by atoms with Crippen molar-refractivity contribution in [3.63, 3.8) is 0 Å². The number of anilines is 2. The van der Waals surface area contributed by atoms with Gasteiger partial charge in [0.1, 0.15) is 0 Å². The molecule has 2 amide bonds. The Morgan fingerprint density at radius 1 is 1.04 bits per heavy atom. The number of carbonyl (C=O) groups excluding carboxylic acids is 2. The average molecular weight is 359 g/mol. The minimum Gasteiger partial charge on any atom is -0.325 e. The minimum atomic E-state index is -0.486. The summed E-state index contributed by atoms with van der Waals surface area (Å²) < 4.78 is 0. The van der Waals surface area contributed by atoms with Gasteiger partial charge in [-0.1, -0.05) is 18.2 Å². The number of non-ortho nitro benzene ring substituents is 1. The van der Waals surface area contributed by atoms with Crippen LogP contribution in [0.15, 0.2) is 48.5 Å². The van der Waals surface area contributed by atoms with Gasteiger partial charge in [0.25, 0.3) is 5.69 Å². The van der Waals surface area contributed by atoms with Crippen LogP contribution >= 0.6 is 11.8 Å². The van der Waals surface area contributed by atoms with Crippen LogP contribution in [0.3, 0.4) is 0 Å². The van der Waals surface area contributed by atoms with Crippen LogP contribution in [0.4, 0.5) is 17.1 Å². The zero-order valence-corrected chi connectivity index (χ0v) is 14.3. The second kappa shape index (κ2) is 8.84. The third-order valence-corrected chi connectivity index (χ3v) is 4.15. The Morgan fingerprint density at radius 3 is 2.28 bits per heavy atom. The summed E-state index contributed by atoms with van der Waals surface area (Å²) in [6, 6.07) is 13.3. The topological polar surface area (TPSA) is 101 Å². The maximum atomic E-state index is 11.9. The molecule has 0 unspecified atom stereocenters. The molecule has 0 bridgehead atoms. The monoisotopic (exact) mass is 359 g/mol. The highest BCUT2D eigenvalue weighted by molar-refractivity contribution is 8.00. The van der Waals surface area contributed by atoms with Gasteiger partial charge < -0.3 is 10.6 Å². The predicted molar refractivity (Wildman–Crippen MR) is 98.9 cm³/mol. The summed E-state index contributed by atoms with van der Waals surface area (Å²) in [5.41, 5.74) is 1.81. The number of amides is 2. The molecule has 0 aromatic heterocycles. The third kappa shape index (κ3) is 5.92. The van der Waals surface area contributed by atoms with Crippen LogP contribution in [-0.4, -0.2) is 28.2 Å². The standard InChI is InChI=1S/C17H17N3O4S/c1-12-9-14(20(23)24)7-8-15(12)19-17(22)11-25-10-16(21)18-13-5-3-2-4-6-13/h2-9H,10-11H2,1H3,(H,18,21)(H,19,22). The van der Waals surface area contributed by atoms with E-state index in [9.17, 15) is 19.7 Å². The van der Waals surface area contributed by atoms with Crippen LogP contribution in [-0.2, 0) is 9.59 Å². The van der Waals surface area contributed by atoms with Gasteiger partial charge in [0.05, 0.1) is 16.4 Å². The summed E-state index contributed by atoms with van der Waals surface area (Å²) in [6.45, 7) is 1.68. The van der Waals surface area contributed by atoms with Crippen molar-refractivity contribution >= 4 is 40.6 Å². The summed E-state index contributed by atoms with van der Waals surface area (Å²) in [5, 5.41) is 16.1. The molecule has 2 N–H and O–H groups in total. The Kier molecular flexibility index (Phi) is 6.53. The van der Waals surface area contributed by atoms with Crippen LogP contribution in [0.5, 0.6) is 0 Å². The van der Waals surface area contributed by atoms with Crippen LogP contribution in [0.25, 0.3) is 0 Å². The first-order valence-electron chi connectivity index (χ1n) is 7.43. The molecule has 0 heterocycles. The first-order chi connectivity index (χ1) is 12.0. The largest absolute Gasteiger partial charge is 0.325 e. The Labute approximate surface area is 149 Å². The van der Waals surface area contributed by atoms with Gasteiger partial charge in [-0.2, -0.15) is 0 Å². The Bertz CT molecular complexity index is 781. The molecule has 0 fully saturated rings. The molecule has 2 rings (SSSR count). The van der Waals surface area contributed by atoms with Crippen LogP contribution in [0, 0.1) is 17.0 Å². The first kappa shape index (κ1) is 18.5. The maximum Gasteiger partial charge on any atom is 0.269 e. The highest BCUT2D eigenvalue weighted by Gasteiger charge is 2.11.